The molecule has 0 radical (unpaired) electrons. The molecule has 11 nitrogen and oxygen atoms in total. The highest BCUT2D eigenvalue weighted by atomic mass is 35.5. The predicted octanol–water partition coefficient (Wildman–Crippen LogP) is 6.52. The highest BCUT2D eigenvalue weighted by molar-refractivity contribution is 6.39. The number of carbonyl (C=O) groups is 1. The second kappa shape index (κ2) is 13.3. The number of β-amino-alcohol motifs (C(OH)–C–C–N with tert-alkyl or cyclic N) is 1. The van der Waals surface area contributed by atoms with Gasteiger partial charge in [-0.3, -0.25) is 19.4 Å². The fourth-order valence-corrected chi connectivity index (χ4v) is 6.67. The van der Waals surface area contributed by atoms with E-state index in [0.29, 0.717) is 60.7 Å². The molecule has 1 saturated heterocycles. The molecule has 1 amide bonds. The van der Waals surface area contributed by atoms with Crippen LogP contribution in [0.2, 0.25) is 10.0 Å². The van der Waals surface area contributed by atoms with E-state index in [1.807, 2.05) is 0 Å². The van der Waals surface area contributed by atoms with Crippen LogP contribution in [0.5, 0.6) is 0 Å². The summed E-state index contributed by atoms with van der Waals surface area (Å²) in [6.07, 6.45) is -0.293. The van der Waals surface area contributed by atoms with Gasteiger partial charge in [0.05, 0.1) is 44.8 Å². The smallest absolute Gasteiger partial charge is 0.297 e. The molecule has 48 heavy (non-hydrogen) atoms. The van der Waals surface area contributed by atoms with Crippen LogP contribution in [0.25, 0.3) is 22.2 Å². The molecule has 4 N–H and O–H groups in total. The number of nitrogens with one attached hydrogen (secondary N) is 2. The fourth-order valence-electron chi connectivity index (χ4n) is 6.12. The van der Waals surface area contributed by atoms with E-state index in [4.69, 9.17) is 23.2 Å². The number of anilines is 3. The van der Waals surface area contributed by atoms with E-state index < -0.39 is 24.3 Å². The Labute approximate surface area is 283 Å². The minimum atomic E-state index is -2.93. The zero-order valence-electron chi connectivity index (χ0n) is 25.4. The van der Waals surface area contributed by atoms with Crippen molar-refractivity contribution < 1.29 is 23.8 Å². The molecule has 1 unspecified atom stereocenters. The number of carbonyl (C=O) groups excluding carboxylic acids is 1. The number of benzene rings is 2. The average Bonchev–Trinajstić information content (AvgIpc) is 3.70. The first-order valence-corrected chi connectivity index (χ1v) is 16.2. The third kappa shape index (κ3) is 6.43. The summed E-state index contributed by atoms with van der Waals surface area (Å²) in [4.78, 5) is 27.8. The highest BCUT2D eigenvalue weighted by Crippen LogP contribution is 2.41. The van der Waals surface area contributed by atoms with Crippen molar-refractivity contribution >= 4 is 57.3 Å². The number of aliphatic hydroxyl groups excluding tert-OH is 2. The average molecular weight is 696 g/mol. The lowest BCUT2D eigenvalue weighted by molar-refractivity contribution is 0.102. The summed E-state index contributed by atoms with van der Waals surface area (Å²) in [7, 11) is 0. The number of fused-ring (bicyclic) bond motifs is 2. The quantitative estimate of drug-likeness (QED) is 0.143. The SMILES string of the molecule is O=C(Nc1cccc(-c2cccc(Nc3nc(C(F)F)nc4cc(CN5CC[C@@H](O)C5)cnc34)c2Cl)c1Cl)c1cc2n(n1)CCCC2O. The summed E-state index contributed by atoms with van der Waals surface area (Å²) in [5, 5.41) is 30.8. The topological polar surface area (TPSA) is 141 Å². The molecular formula is C33H30Cl2F2N8O3. The van der Waals surface area contributed by atoms with Gasteiger partial charge in [-0.15, -0.1) is 0 Å². The summed E-state index contributed by atoms with van der Waals surface area (Å²) in [5.74, 6) is -1.09. The molecule has 0 spiro atoms. The van der Waals surface area contributed by atoms with E-state index in [-0.39, 0.29) is 38.7 Å². The Morgan fingerprint density at radius 2 is 1.75 bits per heavy atom. The molecule has 15 heteroatoms. The molecule has 3 aromatic heterocycles. The van der Waals surface area contributed by atoms with E-state index in [1.165, 1.54) is 0 Å². The van der Waals surface area contributed by atoms with Gasteiger partial charge < -0.3 is 20.8 Å². The van der Waals surface area contributed by atoms with Gasteiger partial charge in [0, 0.05) is 43.5 Å². The first-order chi connectivity index (χ1) is 23.1. The van der Waals surface area contributed by atoms with E-state index in [0.717, 1.165) is 18.5 Å². The van der Waals surface area contributed by atoms with Gasteiger partial charge in [-0.25, -0.2) is 18.7 Å². The van der Waals surface area contributed by atoms with Crippen LogP contribution in [-0.4, -0.2) is 64.9 Å². The second-order valence-electron chi connectivity index (χ2n) is 11.9. The van der Waals surface area contributed by atoms with Crippen LogP contribution < -0.4 is 10.6 Å². The third-order valence-electron chi connectivity index (χ3n) is 8.48. The summed E-state index contributed by atoms with van der Waals surface area (Å²) < 4.78 is 29.5. The fraction of sp³-hybridized carbons (Fsp3) is 0.303. The molecule has 2 atom stereocenters. The molecule has 2 aromatic carbocycles. The minimum absolute atomic E-state index is 0.0532. The van der Waals surface area contributed by atoms with Crippen LogP contribution in [0, 0.1) is 0 Å². The van der Waals surface area contributed by atoms with Gasteiger partial charge in [0.2, 0.25) is 0 Å². The Balaban J connectivity index is 1.17. The summed E-state index contributed by atoms with van der Waals surface area (Å²) >= 11 is 13.7. The second-order valence-corrected chi connectivity index (χ2v) is 12.6. The van der Waals surface area contributed by atoms with Crippen LogP contribution in [0.15, 0.2) is 54.7 Å². The van der Waals surface area contributed by atoms with E-state index in [1.54, 1.807) is 59.4 Å². The molecule has 0 aliphatic carbocycles. The van der Waals surface area contributed by atoms with Crippen molar-refractivity contribution in [3.8, 4) is 11.1 Å². The van der Waals surface area contributed by atoms with Crippen LogP contribution in [0.1, 0.15) is 59.4 Å². The largest absolute Gasteiger partial charge is 0.392 e. The number of aromatic nitrogens is 5. The molecule has 248 valence electrons. The van der Waals surface area contributed by atoms with Crippen molar-refractivity contribution in [2.45, 2.75) is 51.0 Å². The maximum Gasteiger partial charge on any atom is 0.297 e. The Hall–Kier alpha value is -4.27. The molecule has 0 bridgehead atoms. The predicted molar refractivity (Wildman–Crippen MR) is 178 cm³/mol. The van der Waals surface area contributed by atoms with Crippen LogP contribution in [0.4, 0.5) is 26.0 Å². The van der Waals surface area contributed by atoms with Gasteiger partial charge in [-0.05, 0) is 49.1 Å². The lowest BCUT2D eigenvalue weighted by atomic mass is 10.0. The van der Waals surface area contributed by atoms with Gasteiger partial charge in [0.15, 0.2) is 17.3 Å². The lowest BCUT2D eigenvalue weighted by Gasteiger charge is -2.18. The number of amides is 1. The summed E-state index contributed by atoms with van der Waals surface area (Å²) in [6, 6.07) is 13.5. The normalized spacial score (nSPS) is 18.0. The standard InChI is InChI=1S/C33H30Cl2F2N8O3/c34-27-19(20-5-2-7-22(28(20)35)41-33(48)24-13-25-26(47)8-3-10-45(25)43-24)4-1-6-21(27)39-31-29-23(40-32(42-31)30(36)37)12-17(14-38-29)15-44-11-9-18(46)16-44/h1-2,4-7,12-14,18,26,30,46-47H,3,8-11,15-16H2,(H,41,48)(H,39,40,42)/t18-,26?/m1/s1. The molecule has 2 aliphatic heterocycles. The van der Waals surface area contributed by atoms with Gasteiger partial charge in [-0.2, -0.15) is 5.10 Å². The van der Waals surface area contributed by atoms with Crippen LogP contribution in [0.3, 0.4) is 0 Å². The molecule has 0 saturated carbocycles. The number of aliphatic hydroxyl groups is 2. The maximum atomic E-state index is 13.9. The summed E-state index contributed by atoms with van der Waals surface area (Å²) in [5.41, 5.74) is 3.76. The molecule has 7 rings (SSSR count). The Morgan fingerprint density at radius 1 is 1.00 bits per heavy atom. The van der Waals surface area contributed by atoms with E-state index >= 15 is 0 Å². The molecular weight excluding hydrogens is 665 g/mol. The lowest BCUT2D eigenvalue weighted by Crippen LogP contribution is -2.21. The number of likely N-dealkylation sites (tertiary alicyclic amines) is 1. The van der Waals surface area contributed by atoms with Crippen molar-refractivity contribution in [3.63, 3.8) is 0 Å². The number of hydrogen-bond donors (Lipinski definition) is 4. The van der Waals surface area contributed by atoms with Crippen LogP contribution >= 0.6 is 23.2 Å². The third-order valence-corrected chi connectivity index (χ3v) is 9.29. The first-order valence-electron chi connectivity index (χ1n) is 15.4. The van der Waals surface area contributed by atoms with Crippen molar-refractivity contribution in [2.75, 3.05) is 23.7 Å². The van der Waals surface area contributed by atoms with Crippen molar-refractivity contribution in [1.29, 1.82) is 0 Å². The van der Waals surface area contributed by atoms with Crippen LogP contribution in [-0.2, 0) is 13.1 Å². The van der Waals surface area contributed by atoms with Gasteiger partial charge in [0.25, 0.3) is 12.3 Å². The monoisotopic (exact) mass is 694 g/mol. The van der Waals surface area contributed by atoms with Crippen molar-refractivity contribution in [2.24, 2.45) is 0 Å². The number of rotatable bonds is 8. The van der Waals surface area contributed by atoms with Gasteiger partial charge >= 0.3 is 0 Å². The Morgan fingerprint density at radius 3 is 2.46 bits per heavy atom. The maximum absolute atomic E-state index is 13.9. The van der Waals surface area contributed by atoms with Gasteiger partial charge in [0.1, 0.15) is 5.52 Å². The Bertz CT molecular complexity index is 2030. The molecule has 1 fully saturated rings. The molecule has 5 aromatic rings. The zero-order chi connectivity index (χ0) is 33.5. The number of aryl methyl sites for hydroxylation is 1. The summed E-state index contributed by atoms with van der Waals surface area (Å²) in [6.45, 7) is 2.37. The molecule has 2 aliphatic rings. The van der Waals surface area contributed by atoms with Crippen molar-refractivity contribution in [3.05, 3.63) is 87.5 Å². The number of halogens is 4. The highest BCUT2D eigenvalue weighted by Gasteiger charge is 2.25. The van der Waals surface area contributed by atoms with Crippen molar-refractivity contribution in [1.82, 2.24) is 29.6 Å². The van der Waals surface area contributed by atoms with E-state index in [9.17, 15) is 23.8 Å². The number of nitrogens with zero attached hydrogens (tertiary/aromatic N) is 6. The zero-order valence-corrected chi connectivity index (χ0v) is 26.9. The number of hydrogen-bond acceptors (Lipinski definition) is 9. The van der Waals surface area contributed by atoms with Gasteiger partial charge in [-0.1, -0.05) is 47.5 Å². The number of alkyl halides is 2. The first kappa shape index (κ1) is 32.3. The minimum Gasteiger partial charge on any atom is -0.392 e. The van der Waals surface area contributed by atoms with E-state index in [2.05, 4.69) is 35.6 Å². The number of pyridine rings is 1. The Kier molecular flexibility index (Phi) is 8.96. The molecule has 5 heterocycles.